The van der Waals surface area contributed by atoms with Gasteiger partial charge >= 0.3 is 6.09 Å². The number of piperidine rings is 1. The van der Waals surface area contributed by atoms with Crippen molar-refractivity contribution in [2.24, 2.45) is 5.92 Å². The van der Waals surface area contributed by atoms with Gasteiger partial charge < -0.3 is 9.64 Å². The Morgan fingerprint density at radius 3 is 2.26 bits per heavy atom. The first-order valence-corrected chi connectivity index (χ1v) is 9.56. The molecular formula is C15H31N3O4S. The van der Waals surface area contributed by atoms with Crippen molar-refractivity contribution in [2.45, 2.75) is 59.1 Å². The lowest BCUT2D eigenvalue weighted by Crippen LogP contribution is -2.46. The van der Waals surface area contributed by atoms with Crippen LogP contribution >= 0.6 is 0 Å². The molecule has 0 aromatic rings. The molecule has 1 N–H and O–H groups in total. The molecule has 136 valence electrons. The molecule has 0 radical (unpaired) electrons. The molecule has 1 fully saturated rings. The molecule has 1 saturated heterocycles. The number of carbonyl (C=O) groups is 1. The SMILES string of the molecule is CC(C)NS(=O)(=O)N(C)CC1CCN(C(=O)OC(C)(C)C)CC1. The molecule has 0 aromatic carbocycles. The highest BCUT2D eigenvalue weighted by Gasteiger charge is 2.29. The van der Waals surface area contributed by atoms with Crippen molar-refractivity contribution in [3.05, 3.63) is 0 Å². The van der Waals surface area contributed by atoms with Gasteiger partial charge in [0.15, 0.2) is 0 Å². The molecule has 0 saturated carbocycles. The fourth-order valence-corrected chi connectivity index (χ4v) is 3.66. The van der Waals surface area contributed by atoms with E-state index in [1.165, 1.54) is 4.31 Å². The zero-order chi connectivity index (χ0) is 17.8. The summed E-state index contributed by atoms with van der Waals surface area (Å²) in [5.74, 6) is 0.252. The quantitative estimate of drug-likeness (QED) is 0.821. The standard InChI is InChI=1S/C15H31N3O4S/c1-12(2)16-23(20,21)17(6)11-13-7-9-18(10-8-13)14(19)22-15(3,4)5/h12-13,16H,7-11H2,1-6H3. The van der Waals surface area contributed by atoms with Crippen molar-refractivity contribution in [1.82, 2.24) is 13.9 Å². The van der Waals surface area contributed by atoms with Crippen LogP contribution in [0.4, 0.5) is 4.79 Å². The number of amides is 1. The maximum atomic E-state index is 12.1. The lowest BCUT2D eigenvalue weighted by molar-refractivity contribution is 0.0179. The van der Waals surface area contributed by atoms with Gasteiger partial charge in [0.2, 0.25) is 0 Å². The summed E-state index contributed by atoms with van der Waals surface area (Å²) >= 11 is 0. The summed E-state index contributed by atoms with van der Waals surface area (Å²) in [4.78, 5) is 13.7. The van der Waals surface area contributed by atoms with Gasteiger partial charge in [0, 0.05) is 32.7 Å². The van der Waals surface area contributed by atoms with Gasteiger partial charge in [-0.15, -0.1) is 0 Å². The van der Waals surface area contributed by atoms with Crippen molar-refractivity contribution in [1.29, 1.82) is 0 Å². The predicted octanol–water partition coefficient (Wildman–Crippen LogP) is 1.81. The Morgan fingerprint density at radius 2 is 1.83 bits per heavy atom. The van der Waals surface area contributed by atoms with E-state index in [-0.39, 0.29) is 18.1 Å². The second-order valence-corrected chi connectivity index (χ2v) is 9.28. The fourth-order valence-electron chi connectivity index (χ4n) is 2.47. The van der Waals surface area contributed by atoms with Crippen LogP contribution in [0.3, 0.4) is 0 Å². The summed E-state index contributed by atoms with van der Waals surface area (Å²) < 4.78 is 33.4. The van der Waals surface area contributed by atoms with E-state index in [9.17, 15) is 13.2 Å². The topological polar surface area (TPSA) is 79.0 Å². The highest BCUT2D eigenvalue weighted by molar-refractivity contribution is 7.87. The molecule has 1 aliphatic rings. The van der Waals surface area contributed by atoms with E-state index in [4.69, 9.17) is 4.74 Å². The van der Waals surface area contributed by atoms with Crippen LogP contribution < -0.4 is 4.72 Å². The van der Waals surface area contributed by atoms with Crippen LogP contribution in [0.25, 0.3) is 0 Å². The fraction of sp³-hybridized carbons (Fsp3) is 0.933. The molecule has 1 heterocycles. The van der Waals surface area contributed by atoms with Crippen LogP contribution in [0.15, 0.2) is 0 Å². The number of hydrogen-bond acceptors (Lipinski definition) is 4. The van der Waals surface area contributed by atoms with E-state index < -0.39 is 15.8 Å². The second-order valence-electron chi connectivity index (χ2n) is 7.47. The van der Waals surface area contributed by atoms with Crippen molar-refractivity contribution < 1.29 is 17.9 Å². The maximum absolute atomic E-state index is 12.1. The molecule has 7 nitrogen and oxygen atoms in total. The lowest BCUT2D eigenvalue weighted by Gasteiger charge is -2.34. The largest absolute Gasteiger partial charge is 0.444 e. The molecular weight excluding hydrogens is 318 g/mol. The molecule has 1 aliphatic heterocycles. The summed E-state index contributed by atoms with van der Waals surface area (Å²) in [6.45, 7) is 10.8. The minimum atomic E-state index is -3.43. The van der Waals surface area contributed by atoms with Gasteiger partial charge in [-0.05, 0) is 53.4 Å². The summed E-state index contributed by atoms with van der Waals surface area (Å²) in [5.41, 5.74) is -0.495. The number of hydrogen-bond donors (Lipinski definition) is 1. The third kappa shape index (κ3) is 7.05. The zero-order valence-corrected chi connectivity index (χ0v) is 15.9. The first kappa shape index (κ1) is 20.2. The first-order chi connectivity index (χ1) is 10.4. The van der Waals surface area contributed by atoms with E-state index in [2.05, 4.69) is 4.72 Å². The second kappa shape index (κ2) is 7.81. The third-order valence-electron chi connectivity index (χ3n) is 3.58. The van der Waals surface area contributed by atoms with Crippen molar-refractivity contribution in [3.63, 3.8) is 0 Å². The summed E-state index contributed by atoms with van der Waals surface area (Å²) in [7, 11) is -1.85. The molecule has 0 spiro atoms. The average Bonchev–Trinajstić information content (AvgIpc) is 2.35. The summed E-state index contributed by atoms with van der Waals surface area (Å²) in [6, 6.07) is -0.128. The van der Waals surface area contributed by atoms with Crippen LogP contribution in [0, 0.1) is 5.92 Å². The molecule has 8 heteroatoms. The van der Waals surface area contributed by atoms with Crippen molar-refractivity contribution in [3.8, 4) is 0 Å². The van der Waals surface area contributed by atoms with E-state index in [1.54, 1.807) is 25.8 Å². The molecule has 0 aromatic heterocycles. The molecule has 1 rings (SSSR count). The first-order valence-electron chi connectivity index (χ1n) is 8.12. The maximum Gasteiger partial charge on any atom is 0.410 e. The van der Waals surface area contributed by atoms with Gasteiger partial charge in [0.25, 0.3) is 10.2 Å². The molecule has 0 aliphatic carbocycles. The Hall–Kier alpha value is -0.860. The summed E-state index contributed by atoms with van der Waals surface area (Å²) in [6.07, 6.45) is 1.26. The smallest absolute Gasteiger partial charge is 0.410 e. The number of ether oxygens (including phenoxy) is 1. The minimum Gasteiger partial charge on any atom is -0.444 e. The lowest BCUT2D eigenvalue weighted by atomic mass is 9.97. The number of carbonyl (C=O) groups excluding carboxylic acids is 1. The van der Waals surface area contributed by atoms with Crippen molar-refractivity contribution >= 4 is 16.3 Å². The van der Waals surface area contributed by atoms with Crippen LogP contribution in [0.5, 0.6) is 0 Å². The van der Waals surface area contributed by atoms with Crippen LogP contribution in [-0.2, 0) is 14.9 Å². The van der Waals surface area contributed by atoms with Gasteiger partial charge in [-0.1, -0.05) is 0 Å². The number of nitrogens with one attached hydrogen (secondary N) is 1. The monoisotopic (exact) mass is 349 g/mol. The van der Waals surface area contributed by atoms with E-state index in [0.717, 1.165) is 12.8 Å². The molecule has 23 heavy (non-hydrogen) atoms. The molecule has 1 amide bonds. The van der Waals surface area contributed by atoms with E-state index in [0.29, 0.717) is 19.6 Å². The zero-order valence-electron chi connectivity index (χ0n) is 15.1. The Balaban J connectivity index is 2.46. The third-order valence-corrected chi connectivity index (χ3v) is 5.32. The van der Waals surface area contributed by atoms with Gasteiger partial charge in [-0.25, -0.2) is 4.79 Å². The highest BCUT2D eigenvalue weighted by Crippen LogP contribution is 2.21. The summed E-state index contributed by atoms with van der Waals surface area (Å²) in [5, 5.41) is 0. The Bertz CT molecular complexity index is 491. The minimum absolute atomic E-state index is 0.128. The van der Waals surface area contributed by atoms with Gasteiger partial charge in [-0.3, -0.25) is 0 Å². The Kier molecular flexibility index (Phi) is 6.85. The van der Waals surface area contributed by atoms with E-state index >= 15 is 0 Å². The Labute approximate surface area is 140 Å². The average molecular weight is 349 g/mol. The van der Waals surface area contributed by atoms with Gasteiger partial charge in [0.1, 0.15) is 5.60 Å². The predicted molar refractivity (Wildman–Crippen MR) is 90.4 cm³/mol. The van der Waals surface area contributed by atoms with Crippen LogP contribution in [-0.4, -0.2) is 62.0 Å². The molecule has 0 atom stereocenters. The van der Waals surface area contributed by atoms with E-state index in [1.807, 2.05) is 20.8 Å². The van der Waals surface area contributed by atoms with Crippen LogP contribution in [0.1, 0.15) is 47.5 Å². The normalized spacial score (nSPS) is 17.8. The highest BCUT2D eigenvalue weighted by atomic mass is 32.2. The molecule has 0 bridgehead atoms. The Morgan fingerprint density at radius 1 is 1.30 bits per heavy atom. The van der Waals surface area contributed by atoms with Crippen LogP contribution in [0.2, 0.25) is 0 Å². The molecule has 0 unspecified atom stereocenters. The number of likely N-dealkylation sites (tertiary alicyclic amines) is 1. The number of nitrogens with zero attached hydrogens (tertiary/aromatic N) is 2. The van der Waals surface area contributed by atoms with Gasteiger partial charge in [0.05, 0.1) is 0 Å². The van der Waals surface area contributed by atoms with Crippen molar-refractivity contribution in [2.75, 3.05) is 26.7 Å². The number of rotatable bonds is 5. The van der Waals surface area contributed by atoms with Gasteiger partial charge in [-0.2, -0.15) is 17.4 Å².